The summed E-state index contributed by atoms with van der Waals surface area (Å²) in [7, 11) is 1.63. The number of carbonyl (C=O) groups is 1. The average Bonchev–Trinajstić information content (AvgIpc) is 2.53. The third-order valence-electron chi connectivity index (χ3n) is 2.88. The zero-order chi connectivity index (χ0) is 15.1. The van der Waals surface area contributed by atoms with Crippen molar-refractivity contribution in [2.24, 2.45) is 0 Å². The molecular formula is C17H17NO3. The highest BCUT2D eigenvalue weighted by atomic mass is 16.5. The summed E-state index contributed by atoms with van der Waals surface area (Å²) in [6.45, 7) is 2.13. The number of rotatable bonds is 5. The molecule has 0 saturated carbocycles. The van der Waals surface area contributed by atoms with E-state index in [4.69, 9.17) is 9.47 Å². The van der Waals surface area contributed by atoms with Gasteiger partial charge < -0.3 is 9.47 Å². The summed E-state index contributed by atoms with van der Waals surface area (Å²) < 4.78 is 10.1. The second-order valence-corrected chi connectivity index (χ2v) is 4.25. The minimum atomic E-state index is -0.375. The molecule has 0 aliphatic heterocycles. The number of nitrogens with zero attached hydrogens (tertiary/aromatic N) is 1. The van der Waals surface area contributed by atoms with Crippen molar-refractivity contribution in [1.82, 2.24) is 4.98 Å². The van der Waals surface area contributed by atoms with Gasteiger partial charge in [0.25, 0.3) is 0 Å². The van der Waals surface area contributed by atoms with Crippen molar-refractivity contribution >= 4 is 12.0 Å². The number of esters is 1. The van der Waals surface area contributed by atoms with E-state index in [9.17, 15) is 4.79 Å². The molecule has 0 unspecified atom stereocenters. The third kappa shape index (κ3) is 3.92. The van der Waals surface area contributed by atoms with Crippen molar-refractivity contribution < 1.29 is 14.3 Å². The highest BCUT2D eigenvalue weighted by Gasteiger charge is 2.05. The normalized spacial score (nSPS) is 10.6. The van der Waals surface area contributed by atoms with Crippen molar-refractivity contribution in [1.29, 1.82) is 0 Å². The second kappa shape index (κ2) is 7.24. The van der Waals surface area contributed by atoms with Crippen LogP contribution in [0.5, 0.6) is 5.75 Å². The molecule has 4 nitrogen and oxygen atoms in total. The zero-order valence-electron chi connectivity index (χ0n) is 12.1. The van der Waals surface area contributed by atoms with Crippen LogP contribution in [0.1, 0.15) is 12.6 Å². The Bertz CT molecular complexity index is 650. The van der Waals surface area contributed by atoms with E-state index in [1.54, 1.807) is 26.3 Å². The van der Waals surface area contributed by atoms with Crippen LogP contribution in [0.2, 0.25) is 0 Å². The summed E-state index contributed by atoms with van der Waals surface area (Å²) in [6, 6.07) is 11.5. The molecule has 108 valence electrons. The van der Waals surface area contributed by atoms with Gasteiger partial charge in [-0.2, -0.15) is 0 Å². The molecule has 0 radical (unpaired) electrons. The van der Waals surface area contributed by atoms with E-state index >= 15 is 0 Å². The van der Waals surface area contributed by atoms with Gasteiger partial charge in [0.15, 0.2) is 0 Å². The van der Waals surface area contributed by atoms with Gasteiger partial charge in [-0.15, -0.1) is 0 Å². The van der Waals surface area contributed by atoms with Crippen molar-refractivity contribution in [3.63, 3.8) is 0 Å². The first-order chi connectivity index (χ1) is 10.2. The standard InChI is InChI=1S/C17H17NO3/c1-3-21-17(19)10-9-16-15(8-5-11-18-16)13-6-4-7-14(12-13)20-2/h4-12H,3H2,1-2H3. The van der Waals surface area contributed by atoms with Crippen LogP contribution in [0.4, 0.5) is 0 Å². The first-order valence-corrected chi connectivity index (χ1v) is 6.69. The summed E-state index contributed by atoms with van der Waals surface area (Å²) >= 11 is 0. The number of carbonyl (C=O) groups excluding carboxylic acids is 1. The number of ether oxygens (including phenoxy) is 2. The van der Waals surface area contributed by atoms with Gasteiger partial charge in [-0.3, -0.25) is 4.98 Å². The van der Waals surface area contributed by atoms with Crippen molar-refractivity contribution in [2.75, 3.05) is 13.7 Å². The maximum atomic E-state index is 11.4. The molecule has 0 saturated heterocycles. The SMILES string of the molecule is CCOC(=O)C=Cc1ncccc1-c1cccc(OC)c1. The summed E-state index contributed by atoms with van der Waals surface area (Å²) in [5.41, 5.74) is 2.61. The minimum Gasteiger partial charge on any atom is -0.497 e. The molecule has 0 aliphatic rings. The van der Waals surface area contributed by atoms with E-state index in [-0.39, 0.29) is 5.97 Å². The molecule has 0 spiro atoms. The number of methoxy groups -OCH3 is 1. The lowest BCUT2D eigenvalue weighted by molar-refractivity contribution is -0.137. The summed E-state index contributed by atoms with van der Waals surface area (Å²) in [5.74, 6) is 0.399. The van der Waals surface area contributed by atoms with Gasteiger partial charge in [0.1, 0.15) is 5.75 Å². The Labute approximate surface area is 124 Å². The molecule has 0 fully saturated rings. The minimum absolute atomic E-state index is 0.355. The Morgan fingerprint density at radius 1 is 1.29 bits per heavy atom. The van der Waals surface area contributed by atoms with E-state index in [1.165, 1.54) is 6.08 Å². The number of hydrogen-bond donors (Lipinski definition) is 0. The van der Waals surface area contributed by atoms with E-state index in [0.29, 0.717) is 12.3 Å². The lowest BCUT2D eigenvalue weighted by atomic mass is 10.0. The third-order valence-corrected chi connectivity index (χ3v) is 2.88. The Morgan fingerprint density at radius 2 is 2.14 bits per heavy atom. The predicted octanol–water partition coefficient (Wildman–Crippen LogP) is 3.33. The van der Waals surface area contributed by atoms with Crippen LogP contribution in [-0.2, 0) is 9.53 Å². The van der Waals surface area contributed by atoms with Gasteiger partial charge in [-0.25, -0.2) is 4.79 Å². The number of aromatic nitrogens is 1. The summed E-state index contributed by atoms with van der Waals surface area (Å²) in [6.07, 6.45) is 4.73. The quantitative estimate of drug-likeness (QED) is 0.624. The van der Waals surface area contributed by atoms with Crippen LogP contribution in [0.3, 0.4) is 0 Å². The van der Waals surface area contributed by atoms with E-state index in [2.05, 4.69) is 4.98 Å². The van der Waals surface area contributed by atoms with Crippen LogP contribution in [0, 0.1) is 0 Å². The lowest BCUT2D eigenvalue weighted by Gasteiger charge is -2.07. The van der Waals surface area contributed by atoms with Crippen LogP contribution in [0.15, 0.2) is 48.7 Å². The Hall–Kier alpha value is -2.62. The van der Waals surface area contributed by atoms with Crippen molar-refractivity contribution in [3.05, 3.63) is 54.4 Å². The predicted molar refractivity (Wildman–Crippen MR) is 81.9 cm³/mol. The van der Waals surface area contributed by atoms with Gasteiger partial charge in [-0.05, 0) is 36.8 Å². The Morgan fingerprint density at radius 3 is 2.90 bits per heavy atom. The largest absolute Gasteiger partial charge is 0.497 e. The smallest absolute Gasteiger partial charge is 0.330 e. The topological polar surface area (TPSA) is 48.4 Å². The van der Waals surface area contributed by atoms with E-state index < -0.39 is 0 Å². The fraction of sp³-hybridized carbons (Fsp3) is 0.176. The van der Waals surface area contributed by atoms with Crippen LogP contribution >= 0.6 is 0 Å². The molecular weight excluding hydrogens is 266 g/mol. The van der Waals surface area contributed by atoms with E-state index in [0.717, 1.165) is 16.9 Å². The average molecular weight is 283 g/mol. The highest BCUT2D eigenvalue weighted by Crippen LogP contribution is 2.26. The van der Waals surface area contributed by atoms with Crippen LogP contribution < -0.4 is 4.74 Å². The molecule has 2 rings (SSSR count). The molecule has 0 bridgehead atoms. The number of hydrogen-bond acceptors (Lipinski definition) is 4. The molecule has 0 atom stereocenters. The highest BCUT2D eigenvalue weighted by molar-refractivity contribution is 5.88. The molecule has 1 heterocycles. The Balaban J connectivity index is 2.34. The number of pyridine rings is 1. The maximum absolute atomic E-state index is 11.4. The molecule has 4 heteroatoms. The van der Waals surface area contributed by atoms with E-state index in [1.807, 2.05) is 36.4 Å². The van der Waals surface area contributed by atoms with Crippen molar-refractivity contribution in [3.8, 4) is 16.9 Å². The molecule has 0 N–H and O–H groups in total. The molecule has 2 aromatic rings. The van der Waals surface area contributed by atoms with Crippen molar-refractivity contribution in [2.45, 2.75) is 6.92 Å². The van der Waals surface area contributed by atoms with Gasteiger partial charge in [0.05, 0.1) is 19.4 Å². The summed E-state index contributed by atoms with van der Waals surface area (Å²) in [4.78, 5) is 15.7. The fourth-order valence-corrected chi connectivity index (χ4v) is 1.92. The van der Waals surface area contributed by atoms with Gasteiger partial charge in [-0.1, -0.05) is 18.2 Å². The monoisotopic (exact) mass is 283 g/mol. The molecule has 21 heavy (non-hydrogen) atoms. The van der Waals surface area contributed by atoms with Gasteiger partial charge >= 0.3 is 5.97 Å². The molecule has 0 aliphatic carbocycles. The molecule has 1 aromatic carbocycles. The maximum Gasteiger partial charge on any atom is 0.330 e. The first kappa shape index (κ1) is 14.8. The number of benzene rings is 1. The molecule has 1 aromatic heterocycles. The van der Waals surface area contributed by atoms with Crippen LogP contribution in [-0.4, -0.2) is 24.7 Å². The van der Waals surface area contributed by atoms with Crippen LogP contribution in [0.25, 0.3) is 17.2 Å². The Kier molecular flexibility index (Phi) is 5.10. The first-order valence-electron chi connectivity index (χ1n) is 6.69. The fourth-order valence-electron chi connectivity index (χ4n) is 1.92. The second-order valence-electron chi connectivity index (χ2n) is 4.25. The van der Waals surface area contributed by atoms with Gasteiger partial charge in [0.2, 0.25) is 0 Å². The summed E-state index contributed by atoms with van der Waals surface area (Å²) in [5, 5.41) is 0. The lowest BCUT2D eigenvalue weighted by Crippen LogP contribution is -1.99. The molecule has 0 amide bonds. The van der Waals surface area contributed by atoms with Gasteiger partial charge in [0, 0.05) is 17.8 Å². The zero-order valence-corrected chi connectivity index (χ0v) is 12.1.